The highest BCUT2D eigenvalue weighted by atomic mass is 35.5. The lowest BCUT2D eigenvalue weighted by atomic mass is 9.89. The molecule has 0 aromatic carbocycles. The van der Waals surface area contributed by atoms with Crippen molar-refractivity contribution < 1.29 is 9.47 Å². The third-order valence-electron chi connectivity index (χ3n) is 2.69. The Balaban J connectivity index is 1.90. The average molecular weight is 273 g/mol. The summed E-state index contributed by atoms with van der Waals surface area (Å²) in [4.78, 5) is 12.0. The van der Waals surface area contributed by atoms with Crippen LogP contribution in [0.4, 0.5) is 5.95 Å². The van der Waals surface area contributed by atoms with Crippen LogP contribution in [0, 0.1) is 0 Å². The number of anilines is 1. The van der Waals surface area contributed by atoms with Crippen molar-refractivity contribution in [1.82, 2.24) is 15.0 Å². The third-order valence-corrected chi connectivity index (χ3v) is 2.86. The van der Waals surface area contributed by atoms with Gasteiger partial charge < -0.3 is 14.8 Å². The maximum absolute atomic E-state index is 5.80. The molecule has 1 fully saturated rings. The van der Waals surface area contributed by atoms with Gasteiger partial charge in [0.1, 0.15) is 0 Å². The monoisotopic (exact) mass is 272 g/mol. The molecule has 1 aromatic heterocycles. The maximum atomic E-state index is 5.80. The predicted octanol–water partition coefficient (Wildman–Crippen LogP) is 1.90. The van der Waals surface area contributed by atoms with Crippen LogP contribution in [0.15, 0.2) is 0 Å². The van der Waals surface area contributed by atoms with E-state index in [1.807, 2.05) is 13.8 Å². The smallest absolute Gasteiger partial charge is 0.322 e. The van der Waals surface area contributed by atoms with E-state index in [-0.39, 0.29) is 11.3 Å². The molecule has 0 spiro atoms. The zero-order valence-corrected chi connectivity index (χ0v) is 11.3. The Morgan fingerprint density at radius 3 is 2.67 bits per heavy atom. The second-order valence-corrected chi connectivity index (χ2v) is 4.37. The lowest BCUT2D eigenvalue weighted by Gasteiger charge is -2.35. The molecule has 0 unspecified atom stereocenters. The fraction of sp³-hybridized carbons (Fsp3) is 0.727. The first-order valence-corrected chi connectivity index (χ1v) is 6.51. The van der Waals surface area contributed by atoms with E-state index in [1.54, 1.807) is 0 Å². The average Bonchev–Trinajstić information content (AvgIpc) is 2.26. The normalized spacial score (nSPS) is 22.4. The maximum Gasteiger partial charge on any atom is 0.322 e. The van der Waals surface area contributed by atoms with E-state index in [2.05, 4.69) is 20.3 Å². The summed E-state index contributed by atoms with van der Waals surface area (Å²) >= 11 is 5.80. The number of hydrogen-bond acceptors (Lipinski definition) is 6. The van der Waals surface area contributed by atoms with Crippen LogP contribution in [0.1, 0.15) is 26.7 Å². The number of nitrogens with one attached hydrogen (secondary N) is 1. The molecule has 0 aliphatic heterocycles. The van der Waals surface area contributed by atoms with Crippen molar-refractivity contribution in [3.8, 4) is 6.01 Å². The Labute approximate surface area is 111 Å². The molecule has 6 nitrogen and oxygen atoms in total. The molecule has 1 heterocycles. The van der Waals surface area contributed by atoms with Gasteiger partial charge in [0.25, 0.3) is 0 Å². The Morgan fingerprint density at radius 1 is 1.22 bits per heavy atom. The van der Waals surface area contributed by atoms with Crippen LogP contribution in [-0.4, -0.2) is 40.3 Å². The molecule has 0 atom stereocenters. The number of nitrogens with zero attached hydrogens (tertiary/aromatic N) is 3. The first-order chi connectivity index (χ1) is 8.71. The lowest BCUT2D eigenvalue weighted by molar-refractivity contribution is 0.00284. The van der Waals surface area contributed by atoms with Crippen LogP contribution in [0.2, 0.25) is 5.28 Å². The van der Waals surface area contributed by atoms with Crippen molar-refractivity contribution in [3.63, 3.8) is 0 Å². The standard InChI is InChI=1S/C11H17ClN4O2/c1-3-17-8-5-7(6-8)13-10-14-9(12)15-11(16-10)18-4-2/h7-8H,3-6H2,1-2H3,(H,13,14,15,16). The van der Waals surface area contributed by atoms with Gasteiger partial charge in [0.15, 0.2) is 0 Å². The molecule has 0 bridgehead atoms. The van der Waals surface area contributed by atoms with Crippen LogP contribution >= 0.6 is 11.6 Å². The van der Waals surface area contributed by atoms with Crippen LogP contribution in [0.25, 0.3) is 0 Å². The molecule has 1 aliphatic carbocycles. The van der Waals surface area contributed by atoms with Gasteiger partial charge in [-0.1, -0.05) is 0 Å². The van der Waals surface area contributed by atoms with E-state index >= 15 is 0 Å². The molecule has 1 N–H and O–H groups in total. The minimum Gasteiger partial charge on any atom is -0.464 e. The number of hydrogen-bond donors (Lipinski definition) is 1. The molecule has 100 valence electrons. The molecule has 7 heteroatoms. The van der Waals surface area contributed by atoms with Gasteiger partial charge in [0.05, 0.1) is 12.7 Å². The zero-order valence-electron chi connectivity index (χ0n) is 10.5. The van der Waals surface area contributed by atoms with Crippen LogP contribution in [0.3, 0.4) is 0 Å². The molecule has 0 radical (unpaired) electrons. The SMILES string of the molecule is CCOc1nc(Cl)nc(NC2CC(OCC)C2)n1. The minimum absolute atomic E-state index is 0.136. The molecule has 1 saturated carbocycles. The summed E-state index contributed by atoms with van der Waals surface area (Å²) in [7, 11) is 0. The summed E-state index contributed by atoms with van der Waals surface area (Å²) in [6.45, 7) is 5.11. The quantitative estimate of drug-likeness (QED) is 0.853. The number of halogens is 1. The molecule has 1 aromatic rings. The molecular weight excluding hydrogens is 256 g/mol. The summed E-state index contributed by atoms with van der Waals surface area (Å²) < 4.78 is 10.7. The molecule has 0 amide bonds. The largest absolute Gasteiger partial charge is 0.464 e. The Morgan fingerprint density at radius 2 is 2.00 bits per heavy atom. The number of ether oxygens (including phenoxy) is 2. The Hall–Kier alpha value is -1.14. The summed E-state index contributed by atoms with van der Waals surface area (Å²) in [5.74, 6) is 0.457. The van der Waals surface area contributed by atoms with Crippen molar-refractivity contribution in [3.05, 3.63) is 5.28 Å². The van der Waals surface area contributed by atoms with E-state index in [1.165, 1.54) is 0 Å². The van der Waals surface area contributed by atoms with E-state index in [9.17, 15) is 0 Å². The van der Waals surface area contributed by atoms with Gasteiger partial charge in [0.2, 0.25) is 11.2 Å². The lowest BCUT2D eigenvalue weighted by Crippen LogP contribution is -2.41. The molecule has 0 saturated heterocycles. The van der Waals surface area contributed by atoms with Gasteiger partial charge in [-0.05, 0) is 38.3 Å². The highest BCUT2D eigenvalue weighted by Gasteiger charge is 2.30. The molecular formula is C11H17ClN4O2. The van der Waals surface area contributed by atoms with Gasteiger partial charge in [0, 0.05) is 12.6 Å². The highest BCUT2D eigenvalue weighted by molar-refractivity contribution is 6.28. The predicted molar refractivity (Wildman–Crippen MR) is 68.1 cm³/mol. The van der Waals surface area contributed by atoms with Crippen molar-refractivity contribution in [2.24, 2.45) is 0 Å². The van der Waals surface area contributed by atoms with E-state index in [0.717, 1.165) is 19.4 Å². The summed E-state index contributed by atoms with van der Waals surface area (Å²) in [6, 6.07) is 0.579. The number of rotatable bonds is 6. The van der Waals surface area contributed by atoms with Crippen LogP contribution in [0.5, 0.6) is 6.01 Å². The second kappa shape index (κ2) is 6.15. The van der Waals surface area contributed by atoms with Crippen molar-refractivity contribution in [2.75, 3.05) is 18.5 Å². The summed E-state index contributed by atoms with van der Waals surface area (Å²) in [5, 5.41) is 3.34. The molecule has 2 rings (SSSR count). The van der Waals surface area contributed by atoms with Crippen LogP contribution < -0.4 is 10.1 Å². The van der Waals surface area contributed by atoms with E-state index in [4.69, 9.17) is 21.1 Å². The van der Waals surface area contributed by atoms with E-state index in [0.29, 0.717) is 24.7 Å². The molecule has 1 aliphatic rings. The van der Waals surface area contributed by atoms with Crippen LogP contribution in [-0.2, 0) is 4.74 Å². The van der Waals surface area contributed by atoms with Crippen molar-refractivity contribution >= 4 is 17.5 Å². The topological polar surface area (TPSA) is 69.2 Å². The zero-order chi connectivity index (χ0) is 13.0. The second-order valence-electron chi connectivity index (χ2n) is 4.03. The first kappa shape index (κ1) is 13.3. The van der Waals surface area contributed by atoms with Gasteiger partial charge in [-0.25, -0.2) is 0 Å². The minimum atomic E-state index is 0.136. The number of aromatic nitrogens is 3. The summed E-state index contributed by atoms with van der Waals surface area (Å²) in [6.07, 6.45) is 2.26. The summed E-state index contributed by atoms with van der Waals surface area (Å²) in [5.41, 5.74) is 0. The third kappa shape index (κ3) is 3.43. The van der Waals surface area contributed by atoms with Gasteiger partial charge in [-0.15, -0.1) is 0 Å². The van der Waals surface area contributed by atoms with Gasteiger partial charge in [-0.2, -0.15) is 15.0 Å². The first-order valence-electron chi connectivity index (χ1n) is 6.13. The Kier molecular flexibility index (Phi) is 4.54. The molecule has 18 heavy (non-hydrogen) atoms. The van der Waals surface area contributed by atoms with Crippen molar-refractivity contribution in [2.45, 2.75) is 38.8 Å². The van der Waals surface area contributed by atoms with Gasteiger partial charge in [-0.3, -0.25) is 0 Å². The van der Waals surface area contributed by atoms with E-state index < -0.39 is 0 Å². The highest BCUT2D eigenvalue weighted by Crippen LogP contribution is 2.26. The van der Waals surface area contributed by atoms with Gasteiger partial charge >= 0.3 is 6.01 Å². The fourth-order valence-corrected chi connectivity index (χ4v) is 1.98. The fourth-order valence-electron chi connectivity index (χ4n) is 1.83. The Bertz CT molecular complexity index is 399. The van der Waals surface area contributed by atoms with Crippen molar-refractivity contribution in [1.29, 1.82) is 0 Å².